The molecule has 0 bridgehead atoms. The van der Waals surface area contributed by atoms with Gasteiger partial charge in [-0.25, -0.2) is 0 Å². The molecule has 0 spiro atoms. The Hall–Kier alpha value is -1.56. The third-order valence-electron chi connectivity index (χ3n) is 9.85. The van der Waals surface area contributed by atoms with Crippen molar-refractivity contribution in [3.05, 3.63) is 68.8 Å². The normalized spacial score (nSPS) is 26.4. The van der Waals surface area contributed by atoms with Gasteiger partial charge >= 0.3 is 0 Å². The molecule has 2 aliphatic carbocycles. The summed E-state index contributed by atoms with van der Waals surface area (Å²) < 4.78 is 0. The Labute approximate surface area is 204 Å². The minimum Gasteiger partial charge on any atom is -0.0594 e. The van der Waals surface area contributed by atoms with E-state index in [1.807, 2.05) is 0 Å². The van der Waals surface area contributed by atoms with Crippen molar-refractivity contribution in [3.63, 3.8) is 0 Å². The van der Waals surface area contributed by atoms with E-state index < -0.39 is 0 Å². The molecule has 0 saturated heterocycles. The summed E-state index contributed by atoms with van der Waals surface area (Å²) in [5.74, 6) is 3.34. The van der Waals surface area contributed by atoms with Crippen molar-refractivity contribution in [3.8, 4) is 0 Å². The van der Waals surface area contributed by atoms with Crippen molar-refractivity contribution in [1.82, 2.24) is 0 Å². The monoisotopic (exact) mass is 444 g/mol. The lowest BCUT2D eigenvalue weighted by Gasteiger charge is -2.47. The van der Waals surface area contributed by atoms with Crippen LogP contribution in [0.1, 0.15) is 122 Å². The third kappa shape index (κ3) is 4.96. The molecule has 0 amide bonds. The Bertz CT molecular complexity index is 850. The van der Waals surface area contributed by atoms with E-state index in [1.54, 1.807) is 11.1 Å². The molecular weight excluding hydrogens is 396 g/mol. The minimum atomic E-state index is 0.477. The van der Waals surface area contributed by atoms with Gasteiger partial charge in [-0.2, -0.15) is 0 Å². The van der Waals surface area contributed by atoms with Crippen molar-refractivity contribution in [1.29, 1.82) is 0 Å². The SMILES string of the molecule is Cc1cc(C)c(C2CCC(C(C)(C)C3CCC(c4c(C)cc(C)cc4C)CC3)CC2)c(C)c1. The third-order valence-corrected chi connectivity index (χ3v) is 9.85. The second kappa shape index (κ2) is 9.59. The van der Waals surface area contributed by atoms with Gasteiger partial charge in [-0.15, -0.1) is 0 Å². The van der Waals surface area contributed by atoms with E-state index in [2.05, 4.69) is 79.7 Å². The highest BCUT2D eigenvalue weighted by Crippen LogP contribution is 2.52. The highest BCUT2D eigenvalue weighted by Gasteiger charge is 2.41. The highest BCUT2D eigenvalue weighted by atomic mass is 14.5. The number of hydrogen-bond donors (Lipinski definition) is 0. The van der Waals surface area contributed by atoms with E-state index in [1.165, 1.54) is 84.7 Å². The van der Waals surface area contributed by atoms with Crippen molar-refractivity contribution in [2.75, 3.05) is 0 Å². The summed E-state index contributed by atoms with van der Waals surface area (Å²) in [5, 5.41) is 0. The Morgan fingerprint density at radius 2 is 0.758 bits per heavy atom. The molecule has 2 aromatic rings. The summed E-state index contributed by atoms with van der Waals surface area (Å²) in [5.41, 5.74) is 12.7. The fraction of sp³-hybridized carbons (Fsp3) is 0.636. The van der Waals surface area contributed by atoms with Crippen LogP contribution >= 0.6 is 0 Å². The van der Waals surface area contributed by atoms with Crippen LogP contribution < -0.4 is 0 Å². The topological polar surface area (TPSA) is 0 Å². The fourth-order valence-electron chi connectivity index (χ4n) is 8.26. The van der Waals surface area contributed by atoms with Crippen LogP contribution in [0.5, 0.6) is 0 Å². The van der Waals surface area contributed by atoms with E-state index in [4.69, 9.17) is 0 Å². The molecule has 0 N–H and O–H groups in total. The Kier molecular flexibility index (Phi) is 7.14. The molecule has 0 aliphatic heterocycles. The first kappa shape index (κ1) is 24.6. The molecule has 0 nitrogen and oxygen atoms in total. The van der Waals surface area contributed by atoms with Gasteiger partial charge in [0.15, 0.2) is 0 Å². The quantitative estimate of drug-likeness (QED) is 0.440. The van der Waals surface area contributed by atoms with Crippen molar-refractivity contribution in [2.24, 2.45) is 17.3 Å². The molecule has 180 valence electrons. The first-order valence-electron chi connectivity index (χ1n) is 13.7. The molecular formula is C33H48. The molecule has 0 aromatic heterocycles. The average molecular weight is 445 g/mol. The van der Waals surface area contributed by atoms with Crippen LogP contribution in [0.3, 0.4) is 0 Å². The zero-order valence-electron chi connectivity index (χ0n) is 22.8. The fourth-order valence-corrected chi connectivity index (χ4v) is 8.26. The molecule has 33 heavy (non-hydrogen) atoms. The average Bonchev–Trinajstić information content (AvgIpc) is 2.73. The van der Waals surface area contributed by atoms with Crippen LogP contribution in [0.4, 0.5) is 0 Å². The first-order chi connectivity index (χ1) is 15.6. The number of benzene rings is 2. The van der Waals surface area contributed by atoms with Crippen LogP contribution in [-0.4, -0.2) is 0 Å². The summed E-state index contributed by atoms with van der Waals surface area (Å²) in [6, 6.07) is 9.59. The second-order valence-electron chi connectivity index (χ2n) is 12.5. The zero-order valence-corrected chi connectivity index (χ0v) is 22.8. The van der Waals surface area contributed by atoms with E-state index in [-0.39, 0.29) is 0 Å². The highest BCUT2D eigenvalue weighted by molar-refractivity contribution is 5.41. The molecule has 0 atom stereocenters. The molecule has 2 fully saturated rings. The van der Waals surface area contributed by atoms with Gasteiger partial charge in [0.05, 0.1) is 0 Å². The summed E-state index contributed by atoms with van der Waals surface area (Å²) in [6.45, 7) is 19.0. The predicted octanol–water partition coefficient (Wildman–Crippen LogP) is 9.81. The molecule has 0 heterocycles. The van der Waals surface area contributed by atoms with Gasteiger partial charge in [-0.3, -0.25) is 0 Å². The molecule has 2 saturated carbocycles. The van der Waals surface area contributed by atoms with E-state index in [0.717, 1.165) is 23.7 Å². The van der Waals surface area contributed by atoms with Gasteiger partial charge < -0.3 is 0 Å². The summed E-state index contributed by atoms with van der Waals surface area (Å²) >= 11 is 0. The molecule has 0 unspecified atom stereocenters. The number of rotatable bonds is 4. The van der Waals surface area contributed by atoms with Gasteiger partial charge in [0, 0.05) is 0 Å². The minimum absolute atomic E-state index is 0.477. The van der Waals surface area contributed by atoms with Gasteiger partial charge in [0.1, 0.15) is 0 Å². The maximum Gasteiger partial charge on any atom is -0.0157 e. The molecule has 2 aliphatic rings. The van der Waals surface area contributed by atoms with Crippen LogP contribution in [0.2, 0.25) is 0 Å². The number of aryl methyl sites for hydroxylation is 6. The van der Waals surface area contributed by atoms with Gasteiger partial charge in [-0.1, -0.05) is 49.2 Å². The molecule has 2 aromatic carbocycles. The van der Waals surface area contributed by atoms with Gasteiger partial charge in [0.2, 0.25) is 0 Å². The maximum absolute atomic E-state index is 2.62. The molecule has 4 rings (SSSR count). The summed E-state index contributed by atoms with van der Waals surface area (Å²) in [6.07, 6.45) is 11.2. The van der Waals surface area contributed by atoms with E-state index in [0.29, 0.717) is 5.41 Å². The van der Waals surface area contributed by atoms with Crippen molar-refractivity contribution < 1.29 is 0 Å². The van der Waals surface area contributed by atoms with Crippen LogP contribution in [0.15, 0.2) is 24.3 Å². The van der Waals surface area contributed by atoms with Gasteiger partial charge in [-0.05, 0) is 155 Å². The smallest absolute Gasteiger partial charge is 0.0157 e. The van der Waals surface area contributed by atoms with Crippen molar-refractivity contribution in [2.45, 2.75) is 119 Å². The zero-order chi connectivity index (χ0) is 23.9. The summed E-state index contributed by atoms with van der Waals surface area (Å²) in [4.78, 5) is 0. The van der Waals surface area contributed by atoms with E-state index >= 15 is 0 Å². The first-order valence-corrected chi connectivity index (χ1v) is 13.7. The largest absolute Gasteiger partial charge is 0.0594 e. The Morgan fingerprint density at radius 1 is 0.485 bits per heavy atom. The van der Waals surface area contributed by atoms with Crippen LogP contribution in [0, 0.1) is 58.8 Å². The number of hydrogen-bond acceptors (Lipinski definition) is 0. The summed E-state index contributed by atoms with van der Waals surface area (Å²) in [7, 11) is 0. The Balaban J connectivity index is 1.38. The maximum atomic E-state index is 2.62. The predicted molar refractivity (Wildman–Crippen MR) is 144 cm³/mol. The lowest BCUT2D eigenvalue weighted by molar-refractivity contribution is 0.0512. The lowest BCUT2D eigenvalue weighted by Crippen LogP contribution is -2.37. The second-order valence-corrected chi connectivity index (χ2v) is 12.5. The van der Waals surface area contributed by atoms with Crippen molar-refractivity contribution >= 4 is 0 Å². The molecule has 0 heteroatoms. The standard InChI is InChI=1S/C33H48/c1-21-17-23(3)31(24(4)18-21)27-9-13-29(14-10-27)33(7,8)30-15-11-28(12-16-30)32-25(5)19-22(2)20-26(32)6/h17-20,27-30H,9-16H2,1-8H3. The van der Waals surface area contributed by atoms with Crippen LogP contribution in [-0.2, 0) is 0 Å². The van der Waals surface area contributed by atoms with Gasteiger partial charge in [0.25, 0.3) is 0 Å². The lowest BCUT2D eigenvalue weighted by atomic mass is 9.58. The molecule has 0 radical (unpaired) electrons. The van der Waals surface area contributed by atoms with E-state index in [9.17, 15) is 0 Å². The van der Waals surface area contributed by atoms with Crippen LogP contribution in [0.25, 0.3) is 0 Å². The Morgan fingerprint density at radius 3 is 1.03 bits per heavy atom.